The summed E-state index contributed by atoms with van der Waals surface area (Å²) in [5.74, 6) is 0.202. The number of nitrogens with two attached hydrogens (primary N) is 1. The van der Waals surface area contributed by atoms with E-state index in [1.807, 2.05) is 0 Å². The monoisotopic (exact) mass is 241 g/mol. The second-order valence-electron chi connectivity index (χ2n) is 3.37. The Balaban J connectivity index is 2.42. The molecule has 2 aromatic rings. The van der Waals surface area contributed by atoms with Crippen LogP contribution in [0.1, 0.15) is 18.8 Å². The Morgan fingerprint density at radius 2 is 2.25 bits per heavy atom. The Hall–Kier alpha value is -1.46. The van der Waals surface area contributed by atoms with E-state index in [1.54, 1.807) is 6.92 Å². The lowest BCUT2D eigenvalue weighted by atomic mass is 10.2. The third kappa shape index (κ3) is 2.05. The van der Waals surface area contributed by atoms with Gasteiger partial charge in [-0.2, -0.15) is 4.98 Å². The van der Waals surface area contributed by atoms with Gasteiger partial charge in [0.15, 0.2) is 5.82 Å². The van der Waals surface area contributed by atoms with Crippen molar-refractivity contribution in [2.45, 2.75) is 13.0 Å². The lowest BCUT2D eigenvalue weighted by Crippen LogP contribution is -2.06. The second-order valence-corrected chi connectivity index (χ2v) is 3.78. The van der Waals surface area contributed by atoms with Gasteiger partial charge in [0.2, 0.25) is 0 Å². The number of benzene rings is 1. The molecule has 2 N–H and O–H groups in total. The van der Waals surface area contributed by atoms with Gasteiger partial charge in [0.1, 0.15) is 5.82 Å². The van der Waals surface area contributed by atoms with Crippen LogP contribution in [-0.4, -0.2) is 10.1 Å². The molecule has 0 saturated carbocycles. The van der Waals surface area contributed by atoms with Gasteiger partial charge in [-0.3, -0.25) is 0 Å². The van der Waals surface area contributed by atoms with Gasteiger partial charge in [-0.1, -0.05) is 16.8 Å². The molecule has 1 unspecified atom stereocenters. The van der Waals surface area contributed by atoms with E-state index in [0.717, 1.165) is 0 Å². The summed E-state index contributed by atoms with van der Waals surface area (Å²) in [7, 11) is 0. The molecule has 1 heterocycles. The van der Waals surface area contributed by atoms with Crippen LogP contribution in [0.4, 0.5) is 4.39 Å². The van der Waals surface area contributed by atoms with Crippen LogP contribution in [-0.2, 0) is 0 Å². The highest BCUT2D eigenvalue weighted by atomic mass is 35.5. The minimum atomic E-state index is -0.416. The van der Waals surface area contributed by atoms with Crippen molar-refractivity contribution in [3.63, 3.8) is 0 Å². The summed E-state index contributed by atoms with van der Waals surface area (Å²) in [6.45, 7) is 1.74. The first-order valence-electron chi connectivity index (χ1n) is 4.62. The highest BCUT2D eigenvalue weighted by Crippen LogP contribution is 2.27. The number of hydrogen-bond donors (Lipinski definition) is 1. The van der Waals surface area contributed by atoms with Crippen LogP contribution in [0.2, 0.25) is 5.02 Å². The molecule has 0 aliphatic carbocycles. The zero-order valence-electron chi connectivity index (χ0n) is 8.45. The molecule has 1 atom stereocenters. The van der Waals surface area contributed by atoms with Crippen LogP contribution in [0.15, 0.2) is 22.7 Å². The minimum absolute atomic E-state index is 0.222. The molecule has 6 heteroatoms. The highest BCUT2D eigenvalue weighted by molar-refractivity contribution is 6.33. The van der Waals surface area contributed by atoms with Crippen molar-refractivity contribution in [2.24, 2.45) is 5.73 Å². The molecule has 0 aliphatic heterocycles. The lowest BCUT2D eigenvalue weighted by molar-refractivity contribution is 0.418. The van der Waals surface area contributed by atoms with Crippen molar-refractivity contribution >= 4 is 11.6 Å². The van der Waals surface area contributed by atoms with Crippen molar-refractivity contribution < 1.29 is 8.91 Å². The van der Waals surface area contributed by atoms with Crippen molar-refractivity contribution in [3.8, 4) is 11.5 Å². The molecular formula is C10H9ClFN3O. The number of aromatic nitrogens is 2. The largest absolute Gasteiger partial charge is 0.334 e. The van der Waals surface area contributed by atoms with Gasteiger partial charge in [-0.15, -0.1) is 0 Å². The van der Waals surface area contributed by atoms with Gasteiger partial charge in [0.25, 0.3) is 5.89 Å². The molecule has 0 spiro atoms. The van der Waals surface area contributed by atoms with Crippen molar-refractivity contribution in [1.82, 2.24) is 10.1 Å². The fraction of sp³-hybridized carbons (Fsp3) is 0.200. The van der Waals surface area contributed by atoms with Gasteiger partial charge in [-0.05, 0) is 25.1 Å². The molecule has 0 amide bonds. The van der Waals surface area contributed by atoms with E-state index in [4.69, 9.17) is 21.9 Å². The predicted octanol–water partition coefficient (Wildman–Crippen LogP) is 2.55. The van der Waals surface area contributed by atoms with Crippen molar-refractivity contribution in [3.05, 3.63) is 34.9 Å². The van der Waals surface area contributed by atoms with Crippen LogP contribution >= 0.6 is 11.6 Å². The third-order valence-electron chi connectivity index (χ3n) is 2.01. The summed E-state index contributed by atoms with van der Waals surface area (Å²) in [6.07, 6.45) is 0. The fourth-order valence-electron chi connectivity index (χ4n) is 1.19. The zero-order chi connectivity index (χ0) is 11.7. The fourth-order valence-corrected chi connectivity index (χ4v) is 1.44. The van der Waals surface area contributed by atoms with Gasteiger partial charge in [0.05, 0.1) is 16.6 Å². The standard InChI is InChI=1S/C10H9ClFN3O/c1-5(13)9-14-10(16-15-9)7-3-2-6(12)4-8(7)11/h2-5H,13H2,1H3. The van der Waals surface area contributed by atoms with E-state index in [9.17, 15) is 4.39 Å². The molecule has 16 heavy (non-hydrogen) atoms. The molecule has 0 radical (unpaired) electrons. The molecule has 0 fully saturated rings. The zero-order valence-corrected chi connectivity index (χ0v) is 9.20. The average molecular weight is 242 g/mol. The number of nitrogens with zero attached hydrogens (tertiary/aromatic N) is 2. The number of rotatable bonds is 2. The van der Waals surface area contributed by atoms with Crippen LogP contribution in [0.5, 0.6) is 0 Å². The van der Waals surface area contributed by atoms with Crippen LogP contribution in [0.3, 0.4) is 0 Å². The van der Waals surface area contributed by atoms with Crippen LogP contribution in [0, 0.1) is 5.82 Å². The second kappa shape index (κ2) is 4.19. The van der Waals surface area contributed by atoms with Crippen LogP contribution < -0.4 is 5.73 Å². The first-order valence-corrected chi connectivity index (χ1v) is 5.00. The molecule has 0 aliphatic rings. The number of hydrogen-bond acceptors (Lipinski definition) is 4. The average Bonchev–Trinajstić information content (AvgIpc) is 2.66. The van der Waals surface area contributed by atoms with E-state index < -0.39 is 5.82 Å². The molecule has 84 valence electrons. The Labute approximate surface area is 96.2 Å². The van der Waals surface area contributed by atoms with Gasteiger partial charge >= 0.3 is 0 Å². The van der Waals surface area contributed by atoms with Gasteiger partial charge < -0.3 is 10.3 Å². The van der Waals surface area contributed by atoms with E-state index >= 15 is 0 Å². The van der Waals surface area contributed by atoms with Gasteiger partial charge in [0, 0.05) is 0 Å². The van der Waals surface area contributed by atoms with Gasteiger partial charge in [-0.25, -0.2) is 4.39 Å². The third-order valence-corrected chi connectivity index (χ3v) is 2.32. The predicted molar refractivity (Wildman–Crippen MR) is 57.3 cm³/mol. The smallest absolute Gasteiger partial charge is 0.259 e. The maximum atomic E-state index is 12.8. The normalized spacial score (nSPS) is 12.8. The Kier molecular flexibility index (Phi) is 2.89. The quantitative estimate of drug-likeness (QED) is 0.878. The topological polar surface area (TPSA) is 64.9 Å². The lowest BCUT2D eigenvalue weighted by Gasteiger charge is -1.98. The summed E-state index contributed by atoms with van der Waals surface area (Å²) in [6, 6.07) is 3.62. The Morgan fingerprint density at radius 1 is 1.50 bits per heavy atom. The molecular weight excluding hydrogens is 233 g/mol. The Bertz CT molecular complexity index is 513. The molecule has 0 bridgehead atoms. The molecule has 0 saturated heterocycles. The SMILES string of the molecule is CC(N)c1noc(-c2ccc(F)cc2Cl)n1. The summed E-state index contributed by atoms with van der Waals surface area (Å²) >= 11 is 5.85. The van der Waals surface area contributed by atoms with E-state index in [-0.39, 0.29) is 17.0 Å². The van der Waals surface area contributed by atoms with Crippen LogP contribution in [0.25, 0.3) is 11.5 Å². The first kappa shape index (κ1) is 11.0. The summed E-state index contributed by atoms with van der Waals surface area (Å²) < 4.78 is 17.8. The van der Waals surface area contributed by atoms with E-state index in [2.05, 4.69) is 10.1 Å². The summed E-state index contributed by atoms with van der Waals surface area (Å²) in [4.78, 5) is 4.06. The first-order chi connectivity index (χ1) is 7.58. The molecule has 4 nitrogen and oxygen atoms in total. The van der Waals surface area contributed by atoms with Crippen molar-refractivity contribution in [2.75, 3.05) is 0 Å². The highest BCUT2D eigenvalue weighted by Gasteiger charge is 2.14. The van der Waals surface area contributed by atoms with Crippen molar-refractivity contribution in [1.29, 1.82) is 0 Å². The molecule has 1 aromatic carbocycles. The minimum Gasteiger partial charge on any atom is -0.334 e. The van der Waals surface area contributed by atoms with E-state index in [0.29, 0.717) is 11.4 Å². The molecule has 1 aromatic heterocycles. The maximum Gasteiger partial charge on any atom is 0.259 e. The number of halogens is 2. The maximum absolute atomic E-state index is 12.8. The van der Waals surface area contributed by atoms with E-state index in [1.165, 1.54) is 18.2 Å². The Morgan fingerprint density at radius 3 is 2.81 bits per heavy atom. The molecule has 2 rings (SSSR count). The summed E-state index contributed by atoms with van der Waals surface area (Å²) in [5.41, 5.74) is 6.08. The summed E-state index contributed by atoms with van der Waals surface area (Å²) in [5, 5.41) is 3.91.